The minimum Gasteiger partial charge on any atom is -0.222 e. The molecule has 0 aliphatic carbocycles. The maximum absolute atomic E-state index is 5.05. The maximum atomic E-state index is 5.05. The summed E-state index contributed by atoms with van der Waals surface area (Å²) in [4.78, 5) is 17.7. The predicted molar refractivity (Wildman–Crippen MR) is 207 cm³/mol. The van der Waals surface area contributed by atoms with Gasteiger partial charge in [0.2, 0.25) is 0 Å². The molecule has 0 N–H and O–H groups in total. The van der Waals surface area contributed by atoms with Gasteiger partial charge in [-0.05, 0) is 49.7 Å². The van der Waals surface area contributed by atoms with Crippen molar-refractivity contribution in [3.63, 3.8) is 0 Å². The van der Waals surface area contributed by atoms with E-state index in [-0.39, 0.29) is 0 Å². The molecular formula is C36H54N2S6. The molecule has 0 bridgehead atoms. The number of hydrogen-bond donors (Lipinski definition) is 0. The Hall–Kier alpha value is -0.380. The summed E-state index contributed by atoms with van der Waals surface area (Å²) in [6.45, 7) is 9.25. The van der Waals surface area contributed by atoms with E-state index in [2.05, 4.69) is 74.1 Å². The van der Waals surface area contributed by atoms with Crippen molar-refractivity contribution >= 4 is 78.5 Å². The Kier molecular flexibility index (Phi) is 17.2. The molecule has 8 heteroatoms. The molecule has 0 radical (unpaired) electrons. The molecule has 244 valence electrons. The first-order chi connectivity index (χ1) is 21.6. The van der Waals surface area contributed by atoms with Crippen LogP contribution in [0.4, 0.5) is 0 Å². The third-order valence-electron chi connectivity index (χ3n) is 8.38. The molecule has 2 atom stereocenters. The molecule has 4 aromatic rings. The summed E-state index contributed by atoms with van der Waals surface area (Å²) in [6, 6.07) is 4.74. The minimum absolute atomic E-state index is 0.849. The third-order valence-corrected chi connectivity index (χ3v) is 15.3. The van der Waals surface area contributed by atoms with Gasteiger partial charge in [0.25, 0.3) is 0 Å². The first-order valence-corrected chi connectivity index (χ1v) is 22.7. The average Bonchev–Trinajstić information content (AvgIpc) is 3.83. The van der Waals surface area contributed by atoms with E-state index in [1.807, 2.05) is 22.7 Å². The summed E-state index contributed by atoms with van der Waals surface area (Å²) in [7, 11) is 0. The van der Waals surface area contributed by atoms with Gasteiger partial charge in [0.05, 0.1) is 9.75 Å². The van der Waals surface area contributed by atoms with E-state index in [9.17, 15) is 0 Å². The Morgan fingerprint density at radius 2 is 0.955 bits per heavy atom. The Labute approximate surface area is 292 Å². The van der Waals surface area contributed by atoms with E-state index in [1.54, 1.807) is 22.7 Å². The van der Waals surface area contributed by atoms with Crippen molar-refractivity contribution in [1.82, 2.24) is 9.97 Å². The third kappa shape index (κ3) is 12.0. The highest BCUT2D eigenvalue weighted by molar-refractivity contribution is 7.99. The second-order valence-corrected chi connectivity index (χ2v) is 18.2. The van der Waals surface area contributed by atoms with Crippen LogP contribution in [0.5, 0.6) is 0 Å². The van der Waals surface area contributed by atoms with Gasteiger partial charge in [-0.25, -0.2) is 9.97 Å². The van der Waals surface area contributed by atoms with Crippen molar-refractivity contribution in [1.29, 1.82) is 0 Å². The standard InChI is InChI=1S/C36H54N2S6/c1-5-9-13-15-19-27(17-11-7-3)23-39-29-21-31(41-25-29)33-37-35-36(43-33)38-34(44-35)32-22-30(26-42-32)40-24-28(18-12-8-4)20-16-14-10-6-2/h21-22,25-28H,5-20,23-24H2,1-4H3. The fraction of sp³-hybridized carbons (Fsp3) is 0.667. The molecule has 0 aromatic carbocycles. The van der Waals surface area contributed by atoms with Crippen molar-refractivity contribution in [2.45, 2.75) is 140 Å². The van der Waals surface area contributed by atoms with Crippen molar-refractivity contribution in [2.24, 2.45) is 11.8 Å². The number of aromatic nitrogens is 2. The molecule has 44 heavy (non-hydrogen) atoms. The molecule has 2 unspecified atom stereocenters. The Balaban J connectivity index is 1.30. The van der Waals surface area contributed by atoms with Crippen LogP contribution in [-0.2, 0) is 0 Å². The molecule has 4 heterocycles. The van der Waals surface area contributed by atoms with Gasteiger partial charge in [-0.2, -0.15) is 0 Å². The number of thiazole rings is 2. The molecule has 0 aliphatic heterocycles. The number of fused-ring (bicyclic) bond motifs is 1. The quantitative estimate of drug-likeness (QED) is 0.0535. The zero-order valence-corrected chi connectivity index (χ0v) is 32.4. The van der Waals surface area contributed by atoms with Gasteiger partial charge in [0, 0.05) is 32.1 Å². The number of nitrogens with zero attached hydrogens (tertiary/aromatic N) is 2. The van der Waals surface area contributed by atoms with Crippen molar-refractivity contribution in [3.8, 4) is 19.8 Å². The molecule has 0 saturated heterocycles. The van der Waals surface area contributed by atoms with Crippen molar-refractivity contribution in [3.05, 3.63) is 22.9 Å². The molecule has 4 aromatic heterocycles. The number of hydrogen-bond acceptors (Lipinski definition) is 8. The van der Waals surface area contributed by atoms with Gasteiger partial charge < -0.3 is 0 Å². The fourth-order valence-electron chi connectivity index (χ4n) is 5.62. The van der Waals surface area contributed by atoms with Crippen LogP contribution in [-0.4, -0.2) is 21.5 Å². The van der Waals surface area contributed by atoms with E-state index in [1.165, 1.54) is 134 Å². The van der Waals surface area contributed by atoms with Crippen LogP contribution in [0.2, 0.25) is 0 Å². The van der Waals surface area contributed by atoms with Crippen LogP contribution in [0, 0.1) is 11.8 Å². The summed E-state index contributed by atoms with van der Waals surface area (Å²) >= 11 is 11.3. The number of unbranched alkanes of at least 4 members (excludes halogenated alkanes) is 8. The van der Waals surface area contributed by atoms with E-state index < -0.39 is 0 Å². The van der Waals surface area contributed by atoms with Gasteiger partial charge in [0.1, 0.15) is 10.0 Å². The fourth-order valence-corrected chi connectivity index (χ4v) is 12.2. The summed E-state index contributed by atoms with van der Waals surface area (Å²) in [5.74, 6) is 4.20. The average molecular weight is 707 g/mol. The van der Waals surface area contributed by atoms with E-state index in [0.29, 0.717) is 0 Å². The highest BCUT2D eigenvalue weighted by Crippen LogP contribution is 2.42. The van der Waals surface area contributed by atoms with Gasteiger partial charge in [-0.15, -0.1) is 46.2 Å². The first kappa shape index (κ1) is 36.5. The van der Waals surface area contributed by atoms with Crippen LogP contribution in [0.15, 0.2) is 32.7 Å². The topological polar surface area (TPSA) is 25.8 Å². The molecule has 0 saturated carbocycles. The number of thiophene rings is 2. The Bertz CT molecular complexity index is 1190. The smallest absolute Gasteiger partial charge is 0.155 e. The van der Waals surface area contributed by atoms with Crippen LogP contribution < -0.4 is 0 Å². The molecule has 0 amide bonds. The summed E-state index contributed by atoms with van der Waals surface area (Å²) in [5, 5.41) is 6.93. The van der Waals surface area contributed by atoms with Gasteiger partial charge >= 0.3 is 0 Å². The van der Waals surface area contributed by atoms with Gasteiger partial charge in [-0.3, -0.25) is 0 Å². The monoisotopic (exact) mass is 706 g/mol. The summed E-state index contributed by atoms with van der Waals surface area (Å²) < 4.78 is 0. The van der Waals surface area contributed by atoms with Crippen LogP contribution in [0.3, 0.4) is 0 Å². The lowest BCUT2D eigenvalue weighted by Gasteiger charge is -2.15. The van der Waals surface area contributed by atoms with Crippen LogP contribution in [0.1, 0.15) is 130 Å². The second kappa shape index (κ2) is 20.8. The van der Waals surface area contributed by atoms with Gasteiger partial charge in [-0.1, -0.05) is 127 Å². The van der Waals surface area contributed by atoms with E-state index in [0.717, 1.165) is 31.5 Å². The lowest BCUT2D eigenvalue weighted by Crippen LogP contribution is -2.04. The van der Waals surface area contributed by atoms with Crippen molar-refractivity contribution in [2.75, 3.05) is 11.5 Å². The van der Waals surface area contributed by atoms with Crippen molar-refractivity contribution < 1.29 is 0 Å². The molecule has 0 spiro atoms. The zero-order chi connectivity index (χ0) is 31.0. The largest absolute Gasteiger partial charge is 0.222 e. The van der Waals surface area contributed by atoms with Gasteiger partial charge in [0.15, 0.2) is 9.66 Å². The number of thioether (sulfide) groups is 2. The lowest BCUT2D eigenvalue weighted by molar-refractivity contribution is 0.451. The Morgan fingerprint density at radius 3 is 1.36 bits per heavy atom. The second-order valence-electron chi connectivity index (χ2n) is 12.3. The normalized spacial score (nSPS) is 13.3. The number of rotatable bonds is 24. The molecule has 0 fully saturated rings. The van der Waals surface area contributed by atoms with Crippen LogP contribution >= 0.6 is 68.9 Å². The molecule has 2 nitrogen and oxygen atoms in total. The zero-order valence-electron chi connectivity index (χ0n) is 27.5. The predicted octanol–water partition coefficient (Wildman–Crippen LogP) is 14.9. The lowest BCUT2D eigenvalue weighted by atomic mass is 9.97. The van der Waals surface area contributed by atoms with E-state index >= 15 is 0 Å². The molecule has 4 rings (SSSR count). The molecule has 0 aliphatic rings. The molecular weight excluding hydrogens is 653 g/mol. The first-order valence-electron chi connectivity index (χ1n) is 17.3. The highest BCUT2D eigenvalue weighted by Gasteiger charge is 2.17. The van der Waals surface area contributed by atoms with E-state index in [4.69, 9.17) is 9.97 Å². The summed E-state index contributed by atoms with van der Waals surface area (Å²) in [6.07, 6.45) is 21.9. The minimum atomic E-state index is 0.849. The SMILES string of the molecule is CCCCCCC(CCCC)CSc1csc(-c2nc3sc(-c4cc(SCC(CCCC)CCCCCC)cs4)nc3s2)c1. The maximum Gasteiger partial charge on any atom is 0.155 e. The Morgan fingerprint density at radius 1 is 0.545 bits per heavy atom. The summed E-state index contributed by atoms with van der Waals surface area (Å²) in [5.41, 5.74) is 0. The van der Waals surface area contributed by atoms with Crippen LogP contribution in [0.25, 0.3) is 29.4 Å². The highest BCUT2D eigenvalue weighted by atomic mass is 32.2.